The summed E-state index contributed by atoms with van der Waals surface area (Å²) in [5.74, 6) is 2.72. The lowest BCUT2D eigenvalue weighted by molar-refractivity contribution is 0.240. The minimum atomic E-state index is -0.452. The number of aromatic nitrogens is 4. The van der Waals surface area contributed by atoms with E-state index < -0.39 is 6.03 Å². The highest BCUT2D eigenvalue weighted by molar-refractivity contribution is 5.71. The first-order chi connectivity index (χ1) is 12.7. The Morgan fingerprint density at radius 3 is 2.62 bits per heavy atom. The van der Waals surface area contributed by atoms with Crippen LogP contribution in [-0.2, 0) is 0 Å². The number of H-pyrrole nitrogens is 1. The van der Waals surface area contributed by atoms with Gasteiger partial charge < -0.3 is 21.7 Å². The molecule has 9 heteroatoms. The predicted octanol–water partition coefficient (Wildman–Crippen LogP) is 2.21. The van der Waals surface area contributed by atoms with Crippen LogP contribution < -0.4 is 21.7 Å². The molecule has 0 saturated heterocycles. The molecule has 0 spiro atoms. The highest BCUT2D eigenvalue weighted by atomic mass is 16.2. The van der Waals surface area contributed by atoms with E-state index in [2.05, 4.69) is 36.1 Å². The van der Waals surface area contributed by atoms with Crippen molar-refractivity contribution in [3.63, 3.8) is 0 Å². The Morgan fingerprint density at radius 2 is 1.88 bits per heavy atom. The second-order valence-corrected chi connectivity index (χ2v) is 7.07. The molecule has 0 aliphatic heterocycles. The molecule has 2 heterocycles. The second-order valence-electron chi connectivity index (χ2n) is 7.07. The van der Waals surface area contributed by atoms with Crippen molar-refractivity contribution in [3.8, 4) is 0 Å². The van der Waals surface area contributed by atoms with Crippen molar-refractivity contribution in [2.45, 2.75) is 56.5 Å². The second kappa shape index (κ2) is 7.19. The van der Waals surface area contributed by atoms with Crippen molar-refractivity contribution in [2.75, 3.05) is 10.6 Å². The molecule has 4 rings (SSSR count). The van der Waals surface area contributed by atoms with E-state index in [1.807, 2.05) is 12.1 Å². The van der Waals surface area contributed by atoms with Gasteiger partial charge in [0.2, 0.25) is 5.95 Å². The maximum Gasteiger partial charge on any atom is 0.312 e. The largest absolute Gasteiger partial charge is 0.352 e. The molecule has 2 amide bonds. The molecule has 2 aromatic rings. The van der Waals surface area contributed by atoms with Crippen molar-refractivity contribution in [1.29, 1.82) is 0 Å². The lowest BCUT2D eigenvalue weighted by atomic mass is 9.91. The maximum absolute atomic E-state index is 10.9. The number of aromatic amines is 1. The van der Waals surface area contributed by atoms with E-state index in [9.17, 15) is 4.79 Å². The Morgan fingerprint density at radius 1 is 1.12 bits per heavy atom. The Kier molecular flexibility index (Phi) is 4.59. The van der Waals surface area contributed by atoms with Crippen LogP contribution in [0.3, 0.4) is 0 Å². The summed E-state index contributed by atoms with van der Waals surface area (Å²) in [6, 6.07) is 3.87. The van der Waals surface area contributed by atoms with Crippen LogP contribution in [0, 0.1) is 0 Å². The number of primary amides is 1. The first-order valence-electron chi connectivity index (χ1n) is 9.13. The average molecular weight is 356 g/mol. The van der Waals surface area contributed by atoms with Crippen LogP contribution in [-0.4, -0.2) is 38.3 Å². The SMILES string of the molecule is NC(=O)N[C@H]1CC[C@H](Nc2nccc(Nc3cc(C4CC4)[nH]n3)n2)CC1. The van der Waals surface area contributed by atoms with Crippen molar-refractivity contribution >= 4 is 23.6 Å². The molecule has 0 unspecified atom stereocenters. The summed E-state index contributed by atoms with van der Waals surface area (Å²) < 4.78 is 0. The topological polar surface area (TPSA) is 134 Å². The highest BCUT2D eigenvalue weighted by Crippen LogP contribution is 2.39. The van der Waals surface area contributed by atoms with Crippen molar-refractivity contribution < 1.29 is 4.79 Å². The Labute approximate surface area is 151 Å². The van der Waals surface area contributed by atoms with Gasteiger partial charge in [-0.3, -0.25) is 5.10 Å². The molecule has 2 aromatic heterocycles. The molecule has 2 aliphatic rings. The quantitative estimate of drug-likeness (QED) is 0.539. The van der Waals surface area contributed by atoms with Gasteiger partial charge in [0.25, 0.3) is 0 Å². The molecule has 0 atom stereocenters. The predicted molar refractivity (Wildman–Crippen MR) is 98.3 cm³/mol. The number of urea groups is 1. The number of carbonyl (C=O) groups excluding carboxylic acids is 1. The number of anilines is 3. The summed E-state index contributed by atoms with van der Waals surface area (Å²) in [4.78, 5) is 19.8. The third kappa shape index (κ3) is 4.22. The van der Waals surface area contributed by atoms with Crippen LogP contribution in [0.1, 0.15) is 50.1 Å². The number of nitrogens with one attached hydrogen (secondary N) is 4. The molecule has 138 valence electrons. The van der Waals surface area contributed by atoms with Gasteiger partial charge in [0, 0.05) is 36.0 Å². The van der Waals surface area contributed by atoms with Gasteiger partial charge in [-0.1, -0.05) is 0 Å². The molecule has 0 aromatic carbocycles. The molecular weight excluding hydrogens is 332 g/mol. The summed E-state index contributed by atoms with van der Waals surface area (Å²) in [6.07, 6.45) is 7.88. The minimum Gasteiger partial charge on any atom is -0.352 e. The average Bonchev–Trinajstić information content (AvgIpc) is 3.37. The first-order valence-corrected chi connectivity index (χ1v) is 9.13. The molecular formula is C17H24N8O. The summed E-state index contributed by atoms with van der Waals surface area (Å²) in [6.45, 7) is 0. The zero-order valence-corrected chi connectivity index (χ0v) is 14.5. The van der Waals surface area contributed by atoms with Crippen LogP contribution in [0.4, 0.5) is 22.4 Å². The number of amides is 2. The lowest BCUT2D eigenvalue weighted by Crippen LogP contribution is -2.42. The Bertz CT molecular complexity index is 764. The molecule has 26 heavy (non-hydrogen) atoms. The van der Waals surface area contributed by atoms with E-state index >= 15 is 0 Å². The van der Waals surface area contributed by atoms with Gasteiger partial charge in [-0.05, 0) is 44.6 Å². The molecule has 2 fully saturated rings. The van der Waals surface area contributed by atoms with Gasteiger partial charge in [-0.15, -0.1) is 0 Å². The van der Waals surface area contributed by atoms with Crippen LogP contribution in [0.5, 0.6) is 0 Å². The van der Waals surface area contributed by atoms with Crippen LogP contribution >= 0.6 is 0 Å². The molecule has 6 N–H and O–H groups in total. The molecule has 9 nitrogen and oxygen atoms in total. The van der Waals surface area contributed by atoms with Crippen molar-refractivity contribution in [1.82, 2.24) is 25.5 Å². The van der Waals surface area contributed by atoms with Gasteiger partial charge in [0.1, 0.15) is 5.82 Å². The Hall–Kier alpha value is -2.84. The van der Waals surface area contributed by atoms with Crippen molar-refractivity contribution in [2.24, 2.45) is 5.73 Å². The third-order valence-electron chi connectivity index (χ3n) is 4.93. The van der Waals surface area contributed by atoms with E-state index in [0.717, 1.165) is 31.5 Å². The fraction of sp³-hybridized carbons (Fsp3) is 0.529. The third-order valence-corrected chi connectivity index (χ3v) is 4.93. The van der Waals surface area contributed by atoms with Gasteiger partial charge in [-0.2, -0.15) is 10.1 Å². The highest BCUT2D eigenvalue weighted by Gasteiger charge is 2.25. The molecule has 0 bridgehead atoms. The molecule has 0 radical (unpaired) electrons. The fourth-order valence-corrected chi connectivity index (χ4v) is 3.40. The summed E-state index contributed by atoms with van der Waals surface area (Å²) in [5.41, 5.74) is 6.36. The van der Waals surface area contributed by atoms with E-state index in [1.54, 1.807) is 6.20 Å². The van der Waals surface area contributed by atoms with Gasteiger partial charge in [0.05, 0.1) is 0 Å². The normalized spacial score (nSPS) is 22.6. The number of hydrogen-bond acceptors (Lipinski definition) is 6. The van der Waals surface area contributed by atoms with E-state index in [4.69, 9.17) is 5.73 Å². The smallest absolute Gasteiger partial charge is 0.312 e. The van der Waals surface area contributed by atoms with E-state index in [0.29, 0.717) is 23.7 Å². The number of carbonyl (C=O) groups is 1. The number of rotatable bonds is 6. The fourth-order valence-electron chi connectivity index (χ4n) is 3.40. The summed E-state index contributed by atoms with van der Waals surface area (Å²) in [7, 11) is 0. The summed E-state index contributed by atoms with van der Waals surface area (Å²) in [5, 5.41) is 16.7. The van der Waals surface area contributed by atoms with Gasteiger partial charge >= 0.3 is 6.03 Å². The zero-order chi connectivity index (χ0) is 17.9. The number of nitrogens with zero attached hydrogens (tertiary/aromatic N) is 3. The van der Waals surface area contributed by atoms with Crippen LogP contribution in [0.15, 0.2) is 18.3 Å². The maximum atomic E-state index is 10.9. The number of hydrogen-bond donors (Lipinski definition) is 5. The first kappa shape index (κ1) is 16.6. The van der Waals surface area contributed by atoms with Gasteiger partial charge in [0.15, 0.2) is 5.82 Å². The Balaban J connectivity index is 1.32. The molecule has 2 saturated carbocycles. The van der Waals surface area contributed by atoms with Crippen LogP contribution in [0.2, 0.25) is 0 Å². The van der Waals surface area contributed by atoms with E-state index in [1.165, 1.54) is 18.5 Å². The molecule has 2 aliphatic carbocycles. The van der Waals surface area contributed by atoms with Crippen LogP contribution in [0.25, 0.3) is 0 Å². The van der Waals surface area contributed by atoms with Gasteiger partial charge in [-0.25, -0.2) is 9.78 Å². The monoisotopic (exact) mass is 356 g/mol. The van der Waals surface area contributed by atoms with Crippen molar-refractivity contribution in [3.05, 3.63) is 24.0 Å². The standard InChI is InChI=1S/C17H24N8O/c18-16(26)20-11-3-5-12(6-4-11)21-17-19-8-7-14(23-17)22-15-9-13(24-25-15)10-1-2-10/h7-12H,1-6H2,(H3,18,20,26)(H3,19,21,22,23,24,25)/t11-,12-. The zero-order valence-electron chi connectivity index (χ0n) is 14.5. The van der Waals surface area contributed by atoms with E-state index in [-0.39, 0.29) is 6.04 Å². The summed E-state index contributed by atoms with van der Waals surface area (Å²) >= 11 is 0. The number of nitrogens with two attached hydrogens (primary N) is 1. The lowest BCUT2D eigenvalue weighted by Gasteiger charge is -2.29. The minimum absolute atomic E-state index is 0.166.